The number of rotatable bonds is 2. The highest BCUT2D eigenvalue weighted by Gasteiger charge is 2.31. The Labute approximate surface area is 127 Å². The number of hydrogen-bond donors (Lipinski definition) is 2. The van der Waals surface area contributed by atoms with Crippen LogP contribution in [0.4, 0.5) is 4.79 Å². The maximum absolute atomic E-state index is 12.0. The van der Waals surface area contributed by atoms with Crippen molar-refractivity contribution in [2.45, 2.75) is 58.4 Å². The molecule has 1 saturated heterocycles. The van der Waals surface area contributed by atoms with Crippen molar-refractivity contribution in [2.24, 2.45) is 11.8 Å². The Bertz CT molecular complexity index is 389. The number of carbonyl (C=O) groups excluding carboxylic acids is 2. The molecule has 5 nitrogen and oxygen atoms in total. The smallest absolute Gasteiger partial charge is 0.321 e. The fourth-order valence-electron chi connectivity index (χ4n) is 3.56. The molecule has 0 aromatic heterocycles. The van der Waals surface area contributed by atoms with Gasteiger partial charge in [-0.05, 0) is 52.0 Å². The molecule has 120 valence electrons. The van der Waals surface area contributed by atoms with Crippen LogP contribution in [0.25, 0.3) is 0 Å². The van der Waals surface area contributed by atoms with Crippen LogP contribution in [0.5, 0.6) is 0 Å². The molecule has 2 aliphatic rings. The Morgan fingerprint density at radius 3 is 2.43 bits per heavy atom. The van der Waals surface area contributed by atoms with Crippen LogP contribution in [-0.2, 0) is 4.79 Å². The van der Waals surface area contributed by atoms with Crippen LogP contribution < -0.4 is 10.6 Å². The molecule has 0 unspecified atom stereocenters. The number of amides is 3. The maximum Gasteiger partial charge on any atom is 0.321 e. The van der Waals surface area contributed by atoms with Crippen LogP contribution in [-0.4, -0.2) is 42.0 Å². The van der Waals surface area contributed by atoms with Gasteiger partial charge in [-0.1, -0.05) is 19.3 Å². The largest absolute Gasteiger partial charge is 0.333 e. The molecular formula is C16H29N3O2. The summed E-state index contributed by atoms with van der Waals surface area (Å²) in [5.41, 5.74) is -0.329. The molecule has 1 saturated carbocycles. The number of nitrogens with zero attached hydrogens (tertiary/aromatic N) is 1. The third kappa shape index (κ3) is 5.30. The van der Waals surface area contributed by atoms with Crippen molar-refractivity contribution in [1.29, 1.82) is 0 Å². The molecule has 5 heteroatoms. The van der Waals surface area contributed by atoms with Gasteiger partial charge in [-0.25, -0.2) is 4.79 Å². The molecule has 0 aromatic carbocycles. The lowest BCUT2D eigenvalue weighted by molar-refractivity contribution is -0.121. The molecule has 2 rings (SSSR count). The molecule has 0 radical (unpaired) electrons. The highest BCUT2D eigenvalue weighted by atomic mass is 16.2. The molecule has 1 heterocycles. The number of piperidine rings is 1. The summed E-state index contributed by atoms with van der Waals surface area (Å²) < 4.78 is 0. The van der Waals surface area contributed by atoms with E-state index >= 15 is 0 Å². The van der Waals surface area contributed by atoms with Crippen LogP contribution in [0.15, 0.2) is 0 Å². The summed E-state index contributed by atoms with van der Waals surface area (Å²) in [6.45, 7) is 8.01. The Morgan fingerprint density at radius 2 is 1.76 bits per heavy atom. The molecule has 0 bridgehead atoms. The molecule has 2 N–H and O–H groups in total. The number of likely N-dealkylation sites (tertiary alicyclic amines) is 1. The Balaban J connectivity index is 1.74. The average Bonchev–Trinajstić information content (AvgIpc) is 2.35. The summed E-state index contributed by atoms with van der Waals surface area (Å²) in [5.74, 6) is 1.41. The fraction of sp³-hybridized carbons (Fsp3) is 0.875. The van der Waals surface area contributed by atoms with E-state index in [4.69, 9.17) is 0 Å². The number of nitrogens with one attached hydrogen (secondary N) is 2. The number of hydrogen-bond acceptors (Lipinski definition) is 3. The minimum absolute atomic E-state index is 0.203. The van der Waals surface area contributed by atoms with Gasteiger partial charge < -0.3 is 5.32 Å². The average molecular weight is 295 g/mol. The Kier molecular flexibility index (Phi) is 5.25. The van der Waals surface area contributed by atoms with Crippen LogP contribution >= 0.6 is 0 Å². The standard InChI is InChI=1S/C16H29N3O2/c1-16(2,3)18-15(21)17-14(20)11-19-9-8-12-6-4-5-7-13(12)10-19/h12-13H,4-11H2,1-3H3,(H2,17,18,20,21)/t12-,13-/m0/s1. The molecule has 1 aliphatic carbocycles. The predicted octanol–water partition coefficient (Wildman–Crippen LogP) is 2.12. The number of carbonyl (C=O) groups is 2. The van der Waals surface area contributed by atoms with Gasteiger partial charge in [-0.15, -0.1) is 0 Å². The maximum atomic E-state index is 12.0. The van der Waals surface area contributed by atoms with Crippen molar-refractivity contribution in [1.82, 2.24) is 15.5 Å². The summed E-state index contributed by atoms with van der Waals surface area (Å²) in [5, 5.41) is 5.17. The quantitative estimate of drug-likeness (QED) is 0.820. The van der Waals surface area contributed by atoms with Gasteiger partial charge in [0.1, 0.15) is 0 Å². The Hall–Kier alpha value is -1.10. The van der Waals surface area contributed by atoms with Gasteiger partial charge in [0, 0.05) is 12.1 Å². The lowest BCUT2D eigenvalue weighted by Gasteiger charge is -2.41. The molecule has 1 aliphatic heterocycles. The fourth-order valence-corrected chi connectivity index (χ4v) is 3.56. The van der Waals surface area contributed by atoms with Gasteiger partial charge in [-0.3, -0.25) is 15.0 Å². The minimum atomic E-state index is -0.403. The number of urea groups is 1. The SMILES string of the molecule is CC(C)(C)NC(=O)NC(=O)CN1CC[C@@H]2CCCC[C@H]2C1. The molecule has 3 amide bonds. The van der Waals surface area contributed by atoms with Crippen LogP contribution in [0.2, 0.25) is 0 Å². The van der Waals surface area contributed by atoms with Crippen LogP contribution in [0.1, 0.15) is 52.9 Å². The zero-order chi connectivity index (χ0) is 15.5. The van der Waals surface area contributed by atoms with E-state index in [0.29, 0.717) is 6.54 Å². The highest BCUT2D eigenvalue weighted by molar-refractivity contribution is 5.95. The number of fused-ring (bicyclic) bond motifs is 1. The normalized spacial score (nSPS) is 26.8. The van der Waals surface area contributed by atoms with Crippen molar-refractivity contribution < 1.29 is 9.59 Å². The topological polar surface area (TPSA) is 61.4 Å². The summed E-state index contributed by atoms with van der Waals surface area (Å²) in [6.07, 6.45) is 6.56. The third-order valence-corrected chi connectivity index (χ3v) is 4.48. The van der Waals surface area contributed by atoms with Gasteiger partial charge >= 0.3 is 6.03 Å². The molecule has 0 spiro atoms. The lowest BCUT2D eigenvalue weighted by atomic mass is 9.75. The van der Waals surface area contributed by atoms with Crippen molar-refractivity contribution in [3.05, 3.63) is 0 Å². The van der Waals surface area contributed by atoms with Crippen molar-refractivity contribution in [3.63, 3.8) is 0 Å². The van der Waals surface area contributed by atoms with Crippen LogP contribution in [0, 0.1) is 11.8 Å². The third-order valence-electron chi connectivity index (χ3n) is 4.48. The van der Waals surface area contributed by atoms with Crippen molar-refractivity contribution in [3.8, 4) is 0 Å². The van der Waals surface area contributed by atoms with E-state index in [1.807, 2.05) is 20.8 Å². The second-order valence-electron chi connectivity index (χ2n) is 7.58. The minimum Gasteiger partial charge on any atom is -0.333 e. The number of imide groups is 1. The summed E-state index contributed by atoms with van der Waals surface area (Å²) >= 11 is 0. The van der Waals surface area contributed by atoms with E-state index in [0.717, 1.165) is 24.9 Å². The molecular weight excluding hydrogens is 266 g/mol. The van der Waals surface area contributed by atoms with Gasteiger partial charge in [0.15, 0.2) is 0 Å². The molecule has 0 aromatic rings. The first kappa shape index (κ1) is 16.3. The van der Waals surface area contributed by atoms with E-state index < -0.39 is 6.03 Å². The molecule has 2 atom stereocenters. The zero-order valence-electron chi connectivity index (χ0n) is 13.6. The van der Waals surface area contributed by atoms with Gasteiger partial charge in [0.25, 0.3) is 0 Å². The Morgan fingerprint density at radius 1 is 1.10 bits per heavy atom. The summed E-state index contributed by atoms with van der Waals surface area (Å²) in [4.78, 5) is 25.8. The van der Waals surface area contributed by atoms with Gasteiger partial charge in [-0.2, -0.15) is 0 Å². The van der Waals surface area contributed by atoms with E-state index in [9.17, 15) is 9.59 Å². The first-order valence-electron chi connectivity index (χ1n) is 8.18. The second-order valence-corrected chi connectivity index (χ2v) is 7.58. The lowest BCUT2D eigenvalue weighted by Crippen LogP contribution is -2.51. The summed E-state index contributed by atoms with van der Waals surface area (Å²) in [6, 6.07) is -0.403. The zero-order valence-corrected chi connectivity index (χ0v) is 13.6. The first-order valence-corrected chi connectivity index (χ1v) is 8.18. The van der Waals surface area contributed by atoms with Crippen LogP contribution in [0.3, 0.4) is 0 Å². The molecule has 21 heavy (non-hydrogen) atoms. The highest BCUT2D eigenvalue weighted by Crippen LogP contribution is 2.35. The second kappa shape index (κ2) is 6.77. The van der Waals surface area contributed by atoms with Crippen molar-refractivity contribution in [2.75, 3.05) is 19.6 Å². The summed E-state index contributed by atoms with van der Waals surface area (Å²) in [7, 11) is 0. The van der Waals surface area contributed by atoms with E-state index in [2.05, 4.69) is 15.5 Å². The van der Waals surface area contributed by atoms with Gasteiger partial charge in [0.2, 0.25) is 5.91 Å². The van der Waals surface area contributed by atoms with E-state index in [1.54, 1.807) is 0 Å². The first-order chi connectivity index (χ1) is 9.83. The molecule has 2 fully saturated rings. The van der Waals surface area contributed by atoms with Gasteiger partial charge in [0.05, 0.1) is 6.54 Å². The predicted molar refractivity (Wildman–Crippen MR) is 82.9 cm³/mol. The van der Waals surface area contributed by atoms with E-state index in [-0.39, 0.29) is 11.4 Å². The van der Waals surface area contributed by atoms with Crippen molar-refractivity contribution >= 4 is 11.9 Å². The monoisotopic (exact) mass is 295 g/mol. The van der Waals surface area contributed by atoms with E-state index in [1.165, 1.54) is 32.1 Å².